The van der Waals surface area contributed by atoms with Gasteiger partial charge in [-0.25, -0.2) is 8.78 Å². The van der Waals surface area contributed by atoms with Crippen LogP contribution in [0.15, 0.2) is 30.3 Å². The second-order valence-corrected chi connectivity index (χ2v) is 5.59. The Morgan fingerprint density at radius 3 is 2.52 bits per heavy atom. The highest BCUT2D eigenvalue weighted by Crippen LogP contribution is 2.34. The van der Waals surface area contributed by atoms with Gasteiger partial charge in [0.25, 0.3) is 0 Å². The minimum Gasteiger partial charge on any atom is -0.306 e. The van der Waals surface area contributed by atoms with Crippen LogP contribution in [-0.2, 0) is 0 Å². The standard InChI is InChI=1S/C16H15Cl2F2N/c1-3-21-16(11-8-10(17)5-6-12(11)18)14-13(19)7-4-9(2)15(14)20/h4-8,16,21H,3H2,1-2H3. The van der Waals surface area contributed by atoms with Crippen molar-refractivity contribution in [2.45, 2.75) is 19.9 Å². The maximum atomic E-state index is 14.4. The Balaban J connectivity index is 2.64. The van der Waals surface area contributed by atoms with Crippen molar-refractivity contribution in [3.63, 3.8) is 0 Å². The number of benzene rings is 2. The van der Waals surface area contributed by atoms with Gasteiger partial charge in [-0.3, -0.25) is 0 Å². The number of hydrogen-bond donors (Lipinski definition) is 1. The molecular formula is C16H15Cl2F2N. The van der Waals surface area contributed by atoms with Crippen LogP contribution in [-0.4, -0.2) is 6.54 Å². The van der Waals surface area contributed by atoms with Gasteiger partial charge in [-0.1, -0.05) is 36.2 Å². The number of halogens is 4. The molecule has 1 N–H and O–H groups in total. The Morgan fingerprint density at radius 2 is 1.86 bits per heavy atom. The molecule has 1 unspecified atom stereocenters. The van der Waals surface area contributed by atoms with E-state index in [1.54, 1.807) is 25.1 Å². The summed E-state index contributed by atoms with van der Waals surface area (Å²) in [5.74, 6) is -1.18. The summed E-state index contributed by atoms with van der Waals surface area (Å²) in [5.41, 5.74) is 0.892. The largest absolute Gasteiger partial charge is 0.306 e. The first-order valence-corrected chi connectivity index (χ1v) is 7.34. The Morgan fingerprint density at radius 1 is 1.14 bits per heavy atom. The molecule has 0 saturated heterocycles. The first kappa shape index (κ1) is 16.2. The first-order chi connectivity index (χ1) is 9.95. The molecule has 0 aliphatic heterocycles. The third-order valence-corrected chi connectivity index (χ3v) is 3.86. The van der Waals surface area contributed by atoms with Crippen molar-refractivity contribution in [2.24, 2.45) is 0 Å². The summed E-state index contributed by atoms with van der Waals surface area (Å²) in [4.78, 5) is 0. The zero-order valence-corrected chi connectivity index (χ0v) is 13.2. The SMILES string of the molecule is CCNC(c1cc(Cl)ccc1Cl)c1c(F)ccc(C)c1F. The summed E-state index contributed by atoms with van der Waals surface area (Å²) in [6.07, 6.45) is 0. The van der Waals surface area contributed by atoms with Crippen LogP contribution in [0.5, 0.6) is 0 Å². The fourth-order valence-corrected chi connectivity index (χ4v) is 2.66. The van der Waals surface area contributed by atoms with Gasteiger partial charge in [-0.05, 0) is 48.9 Å². The normalized spacial score (nSPS) is 12.5. The van der Waals surface area contributed by atoms with Gasteiger partial charge in [0.05, 0.1) is 6.04 Å². The van der Waals surface area contributed by atoms with Crippen LogP contribution in [0.2, 0.25) is 10.0 Å². The molecule has 5 heteroatoms. The van der Waals surface area contributed by atoms with Crippen LogP contribution in [0.1, 0.15) is 29.7 Å². The van der Waals surface area contributed by atoms with Gasteiger partial charge in [-0.2, -0.15) is 0 Å². The van der Waals surface area contributed by atoms with E-state index >= 15 is 0 Å². The molecule has 1 nitrogen and oxygen atoms in total. The monoisotopic (exact) mass is 329 g/mol. The molecule has 1 atom stereocenters. The minimum absolute atomic E-state index is 0.0407. The zero-order chi connectivity index (χ0) is 15.6. The van der Waals surface area contributed by atoms with Crippen molar-refractivity contribution < 1.29 is 8.78 Å². The van der Waals surface area contributed by atoms with Crippen LogP contribution in [0.3, 0.4) is 0 Å². The first-order valence-electron chi connectivity index (χ1n) is 6.58. The van der Waals surface area contributed by atoms with Crippen molar-refractivity contribution in [1.29, 1.82) is 0 Å². The Labute approximate surface area is 132 Å². The highest BCUT2D eigenvalue weighted by atomic mass is 35.5. The molecule has 0 aromatic heterocycles. The smallest absolute Gasteiger partial charge is 0.134 e. The minimum atomic E-state index is -0.693. The molecule has 112 valence electrons. The molecule has 0 aliphatic carbocycles. The van der Waals surface area contributed by atoms with Crippen LogP contribution in [0, 0.1) is 18.6 Å². The second-order valence-electron chi connectivity index (χ2n) is 4.75. The summed E-state index contributed by atoms with van der Waals surface area (Å²) in [7, 11) is 0. The van der Waals surface area contributed by atoms with E-state index in [0.29, 0.717) is 27.7 Å². The lowest BCUT2D eigenvalue weighted by molar-refractivity contribution is 0.506. The molecule has 0 amide bonds. The predicted molar refractivity (Wildman–Crippen MR) is 83.1 cm³/mol. The summed E-state index contributed by atoms with van der Waals surface area (Å²) < 4.78 is 28.6. The molecule has 0 radical (unpaired) electrons. The van der Waals surface area contributed by atoms with Gasteiger partial charge in [0.15, 0.2) is 0 Å². The molecule has 0 aliphatic rings. The van der Waals surface area contributed by atoms with E-state index in [9.17, 15) is 8.78 Å². The molecule has 2 aromatic carbocycles. The molecule has 0 saturated carbocycles. The van der Waals surface area contributed by atoms with E-state index in [4.69, 9.17) is 23.2 Å². The van der Waals surface area contributed by atoms with Crippen LogP contribution in [0.25, 0.3) is 0 Å². The molecule has 2 aromatic rings. The van der Waals surface area contributed by atoms with Crippen molar-refractivity contribution in [3.8, 4) is 0 Å². The predicted octanol–water partition coefficient (Wildman–Crippen LogP) is 5.28. The van der Waals surface area contributed by atoms with E-state index in [2.05, 4.69) is 5.32 Å². The lowest BCUT2D eigenvalue weighted by Crippen LogP contribution is -2.25. The van der Waals surface area contributed by atoms with Crippen LogP contribution < -0.4 is 5.32 Å². The van der Waals surface area contributed by atoms with E-state index < -0.39 is 17.7 Å². The van der Waals surface area contributed by atoms with Crippen LogP contribution in [0.4, 0.5) is 8.78 Å². The van der Waals surface area contributed by atoms with Crippen molar-refractivity contribution in [3.05, 3.63) is 68.7 Å². The summed E-state index contributed by atoms with van der Waals surface area (Å²) >= 11 is 12.2. The van der Waals surface area contributed by atoms with Gasteiger partial charge in [0.2, 0.25) is 0 Å². The molecule has 0 spiro atoms. The average Bonchev–Trinajstić information content (AvgIpc) is 2.45. The van der Waals surface area contributed by atoms with Crippen molar-refractivity contribution in [1.82, 2.24) is 5.32 Å². The highest BCUT2D eigenvalue weighted by Gasteiger charge is 2.24. The highest BCUT2D eigenvalue weighted by molar-refractivity contribution is 6.33. The number of rotatable bonds is 4. The number of nitrogens with one attached hydrogen (secondary N) is 1. The van der Waals surface area contributed by atoms with E-state index in [1.807, 2.05) is 6.92 Å². The molecule has 0 bridgehead atoms. The molecule has 0 heterocycles. The third-order valence-electron chi connectivity index (χ3n) is 3.29. The van der Waals surface area contributed by atoms with Gasteiger partial charge in [0, 0.05) is 15.6 Å². The second kappa shape index (κ2) is 6.73. The summed E-state index contributed by atoms with van der Waals surface area (Å²) in [6.45, 7) is 3.98. The van der Waals surface area contributed by atoms with Gasteiger partial charge < -0.3 is 5.32 Å². The quantitative estimate of drug-likeness (QED) is 0.804. The van der Waals surface area contributed by atoms with Crippen molar-refractivity contribution >= 4 is 23.2 Å². The molecular weight excluding hydrogens is 315 g/mol. The van der Waals surface area contributed by atoms with Gasteiger partial charge in [-0.15, -0.1) is 0 Å². The maximum absolute atomic E-state index is 14.4. The Kier molecular flexibility index (Phi) is 5.20. The topological polar surface area (TPSA) is 12.0 Å². The Bertz CT molecular complexity index is 659. The lowest BCUT2D eigenvalue weighted by atomic mass is 9.96. The third kappa shape index (κ3) is 3.37. The number of hydrogen-bond acceptors (Lipinski definition) is 1. The Hall–Kier alpha value is -1.16. The zero-order valence-electron chi connectivity index (χ0n) is 11.7. The van der Waals surface area contributed by atoms with E-state index in [-0.39, 0.29) is 5.56 Å². The molecule has 0 fully saturated rings. The summed E-state index contributed by atoms with van der Waals surface area (Å²) in [5, 5.41) is 3.94. The van der Waals surface area contributed by atoms with E-state index in [1.165, 1.54) is 12.1 Å². The van der Waals surface area contributed by atoms with Crippen LogP contribution >= 0.6 is 23.2 Å². The summed E-state index contributed by atoms with van der Waals surface area (Å²) in [6, 6.07) is 6.86. The van der Waals surface area contributed by atoms with Gasteiger partial charge in [0.1, 0.15) is 11.6 Å². The fourth-order valence-electron chi connectivity index (χ4n) is 2.25. The maximum Gasteiger partial charge on any atom is 0.134 e. The fraction of sp³-hybridized carbons (Fsp3) is 0.250. The van der Waals surface area contributed by atoms with Crippen molar-refractivity contribution in [2.75, 3.05) is 6.54 Å². The molecule has 2 rings (SSSR count). The van der Waals surface area contributed by atoms with Gasteiger partial charge >= 0.3 is 0 Å². The molecule has 21 heavy (non-hydrogen) atoms. The average molecular weight is 330 g/mol. The van der Waals surface area contributed by atoms with E-state index in [0.717, 1.165) is 0 Å². The number of aryl methyl sites for hydroxylation is 1. The lowest BCUT2D eigenvalue weighted by Gasteiger charge is -2.22.